The number of aliphatic hydroxyl groups excluding tert-OH is 1. The molecule has 2 heteroatoms. The van der Waals surface area contributed by atoms with E-state index < -0.39 is 0 Å². The first-order chi connectivity index (χ1) is 6.22. The van der Waals surface area contributed by atoms with Gasteiger partial charge in [-0.15, -0.1) is 0 Å². The lowest BCUT2D eigenvalue weighted by molar-refractivity contribution is 0.165. The van der Waals surface area contributed by atoms with Gasteiger partial charge in [0.15, 0.2) is 0 Å². The van der Waals surface area contributed by atoms with Crippen LogP contribution in [0.1, 0.15) is 39.5 Å². The fraction of sp³-hybridized carbons (Fsp3) is 1.00. The maximum atomic E-state index is 9.32. The summed E-state index contributed by atoms with van der Waals surface area (Å²) in [6, 6.07) is 0. The molecule has 13 heavy (non-hydrogen) atoms. The van der Waals surface area contributed by atoms with Gasteiger partial charge in [-0.25, -0.2) is 0 Å². The Morgan fingerprint density at radius 1 is 1.46 bits per heavy atom. The normalized spacial score (nSPS) is 30.7. The second-order valence-corrected chi connectivity index (χ2v) is 4.50. The smallest absolute Gasteiger partial charge is 0.0662 e. The van der Waals surface area contributed by atoms with Crippen molar-refractivity contribution < 1.29 is 5.11 Å². The molecule has 3 atom stereocenters. The molecule has 0 radical (unpaired) electrons. The van der Waals surface area contributed by atoms with Crippen molar-refractivity contribution in [3.05, 3.63) is 0 Å². The van der Waals surface area contributed by atoms with Crippen LogP contribution in [0.4, 0.5) is 0 Å². The predicted octanol–water partition coefficient (Wildman–Crippen LogP) is 1.78. The third kappa shape index (κ3) is 4.10. The maximum absolute atomic E-state index is 9.32. The van der Waals surface area contributed by atoms with E-state index in [2.05, 4.69) is 12.2 Å². The highest BCUT2D eigenvalue weighted by Crippen LogP contribution is 2.29. The Bertz CT molecular complexity index is 138. The zero-order chi connectivity index (χ0) is 9.68. The van der Waals surface area contributed by atoms with Gasteiger partial charge in [-0.3, -0.25) is 0 Å². The molecule has 0 amide bonds. The Morgan fingerprint density at radius 3 is 2.77 bits per heavy atom. The van der Waals surface area contributed by atoms with E-state index in [1.54, 1.807) is 0 Å². The molecule has 0 aromatic rings. The number of aliphatic hydroxyl groups is 1. The van der Waals surface area contributed by atoms with Crippen LogP contribution >= 0.6 is 0 Å². The standard InChI is InChI=1S/C11H23NO/c1-3-11(13)8-12-7-10-5-4-9(2)6-10/h9-13H,3-8H2,1-2H3. The Balaban J connectivity index is 2.00. The number of nitrogens with one attached hydrogen (secondary N) is 1. The molecule has 1 saturated carbocycles. The van der Waals surface area contributed by atoms with Crippen molar-refractivity contribution in [2.24, 2.45) is 11.8 Å². The molecule has 2 nitrogen and oxygen atoms in total. The van der Waals surface area contributed by atoms with Crippen molar-refractivity contribution >= 4 is 0 Å². The van der Waals surface area contributed by atoms with Crippen LogP contribution in [0.25, 0.3) is 0 Å². The molecule has 0 bridgehead atoms. The lowest BCUT2D eigenvalue weighted by Gasteiger charge is -2.13. The monoisotopic (exact) mass is 185 g/mol. The third-order valence-corrected chi connectivity index (χ3v) is 3.09. The van der Waals surface area contributed by atoms with Crippen LogP contribution in [-0.2, 0) is 0 Å². The van der Waals surface area contributed by atoms with Crippen LogP contribution in [0.15, 0.2) is 0 Å². The molecule has 0 spiro atoms. The lowest BCUT2D eigenvalue weighted by atomic mass is 10.1. The van der Waals surface area contributed by atoms with Crippen LogP contribution in [0.3, 0.4) is 0 Å². The summed E-state index contributed by atoms with van der Waals surface area (Å²) in [6.45, 7) is 6.22. The summed E-state index contributed by atoms with van der Waals surface area (Å²) in [6.07, 6.45) is 4.83. The first kappa shape index (κ1) is 11.0. The molecular weight excluding hydrogens is 162 g/mol. The van der Waals surface area contributed by atoms with Crippen LogP contribution in [0.2, 0.25) is 0 Å². The Morgan fingerprint density at radius 2 is 2.23 bits per heavy atom. The highest BCUT2D eigenvalue weighted by atomic mass is 16.3. The molecule has 2 N–H and O–H groups in total. The van der Waals surface area contributed by atoms with E-state index in [9.17, 15) is 5.11 Å². The number of rotatable bonds is 5. The van der Waals surface area contributed by atoms with Gasteiger partial charge in [-0.2, -0.15) is 0 Å². The molecular formula is C11H23NO. The van der Waals surface area contributed by atoms with Gasteiger partial charge in [0.2, 0.25) is 0 Å². The van der Waals surface area contributed by atoms with E-state index in [1.165, 1.54) is 19.3 Å². The van der Waals surface area contributed by atoms with Crippen LogP contribution in [-0.4, -0.2) is 24.3 Å². The first-order valence-electron chi connectivity index (χ1n) is 5.61. The summed E-state index contributed by atoms with van der Waals surface area (Å²) in [5.41, 5.74) is 0. The summed E-state index contributed by atoms with van der Waals surface area (Å²) >= 11 is 0. The second-order valence-electron chi connectivity index (χ2n) is 4.50. The SMILES string of the molecule is CCC(O)CNCC1CCC(C)C1. The molecule has 1 aliphatic carbocycles. The van der Waals surface area contributed by atoms with Gasteiger partial charge in [-0.05, 0) is 37.6 Å². The highest BCUT2D eigenvalue weighted by Gasteiger charge is 2.20. The first-order valence-corrected chi connectivity index (χ1v) is 5.61. The Hall–Kier alpha value is -0.0800. The van der Waals surface area contributed by atoms with E-state index in [0.717, 1.165) is 31.3 Å². The van der Waals surface area contributed by atoms with Gasteiger partial charge < -0.3 is 10.4 Å². The number of hydrogen-bond acceptors (Lipinski definition) is 2. The quantitative estimate of drug-likeness (QED) is 0.684. The van der Waals surface area contributed by atoms with E-state index in [0.29, 0.717) is 0 Å². The zero-order valence-electron chi connectivity index (χ0n) is 8.92. The topological polar surface area (TPSA) is 32.3 Å². The van der Waals surface area contributed by atoms with Crippen molar-refractivity contribution in [3.63, 3.8) is 0 Å². The molecule has 1 rings (SSSR count). The van der Waals surface area contributed by atoms with E-state index >= 15 is 0 Å². The highest BCUT2D eigenvalue weighted by molar-refractivity contribution is 4.74. The minimum absolute atomic E-state index is 0.154. The van der Waals surface area contributed by atoms with E-state index in [4.69, 9.17) is 0 Å². The Labute approximate surface area is 81.7 Å². The molecule has 0 aliphatic heterocycles. The van der Waals surface area contributed by atoms with Gasteiger partial charge in [0.1, 0.15) is 0 Å². The minimum Gasteiger partial charge on any atom is -0.392 e. The van der Waals surface area contributed by atoms with Gasteiger partial charge in [0.05, 0.1) is 6.10 Å². The van der Waals surface area contributed by atoms with Gasteiger partial charge in [0, 0.05) is 6.54 Å². The average molecular weight is 185 g/mol. The van der Waals surface area contributed by atoms with Gasteiger partial charge in [0.25, 0.3) is 0 Å². The summed E-state index contributed by atoms with van der Waals surface area (Å²) in [4.78, 5) is 0. The lowest BCUT2D eigenvalue weighted by Crippen LogP contribution is -2.29. The molecule has 3 unspecified atom stereocenters. The fourth-order valence-electron chi connectivity index (χ4n) is 2.11. The summed E-state index contributed by atoms with van der Waals surface area (Å²) in [5.74, 6) is 1.78. The van der Waals surface area contributed by atoms with Crippen molar-refractivity contribution in [1.29, 1.82) is 0 Å². The van der Waals surface area contributed by atoms with E-state index in [1.807, 2.05) is 6.92 Å². The van der Waals surface area contributed by atoms with Crippen molar-refractivity contribution in [2.75, 3.05) is 13.1 Å². The fourth-order valence-corrected chi connectivity index (χ4v) is 2.11. The summed E-state index contributed by atoms with van der Waals surface area (Å²) < 4.78 is 0. The summed E-state index contributed by atoms with van der Waals surface area (Å²) in [7, 11) is 0. The average Bonchev–Trinajstić information content (AvgIpc) is 2.51. The zero-order valence-corrected chi connectivity index (χ0v) is 8.92. The Kier molecular flexibility index (Phi) is 4.74. The molecule has 0 saturated heterocycles. The van der Waals surface area contributed by atoms with Gasteiger partial charge >= 0.3 is 0 Å². The van der Waals surface area contributed by atoms with Crippen molar-refractivity contribution in [3.8, 4) is 0 Å². The van der Waals surface area contributed by atoms with Crippen LogP contribution in [0.5, 0.6) is 0 Å². The van der Waals surface area contributed by atoms with E-state index in [-0.39, 0.29) is 6.10 Å². The van der Waals surface area contributed by atoms with Crippen molar-refractivity contribution in [1.82, 2.24) is 5.32 Å². The van der Waals surface area contributed by atoms with Gasteiger partial charge in [-0.1, -0.05) is 20.3 Å². The molecule has 0 aromatic carbocycles. The van der Waals surface area contributed by atoms with Crippen molar-refractivity contribution in [2.45, 2.75) is 45.6 Å². The minimum atomic E-state index is -0.154. The second kappa shape index (κ2) is 5.61. The largest absolute Gasteiger partial charge is 0.392 e. The van der Waals surface area contributed by atoms with Crippen LogP contribution in [0, 0.1) is 11.8 Å². The molecule has 0 aromatic heterocycles. The third-order valence-electron chi connectivity index (χ3n) is 3.09. The molecule has 1 fully saturated rings. The predicted molar refractivity (Wildman–Crippen MR) is 55.7 cm³/mol. The van der Waals surface area contributed by atoms with Crippen LogP contribution < -0.4 is 5.32 Å². The summed E-state index contributed by atoms with van der Waals surface area (Å²) in [5, 5.41) is 12.7. The molecule has 1 aliphatic rings. The molecule has 0 heterocycles. The number of hydrogen-bond donors (Lipinski definition) is 2. The maximum Gasteiger partial charge on any atom is 0.0662 e. The molecule has 78 valence electrons.